The summed E-state index contributed by atoms with van der Waals surface area (Å²) in [6.07, 6.45) is 0.170. The van der Waals surface area contributed by atoms with Gasteiger partial charge in [-0.05, 0) is 72.5 Å². The Kier molecular flexibility index (Phi) is 11.8. The van der Waals surface area contributed by atoms with E-state index in [1.165, 1.54) is 44.4 Å². The highest BCUT2D eigenvalue weighted by Gasteiger charge is 2.35. The molecule has 4 rings (SSSR count). The average Bonchev–Trinajstić information content (AvgIpc) is 3.05. The van der Waals surface area contributed by atoms with E-state index < -0.39 is 34.4 Å². The summed E-state index contributed by atoms with van der Waals surface area (Å²) in [5.41, 5.74) is 3.24. The smallest absolute Gasteiger partial charge is 0.264 e. The molecule has 4 aromatic carbocycles. The van der Waals surface area contributed by atoms with Crippen LogP contribution in [0.25, 0.3) is 0 Å². The van der Waals surface area contributed by atoms with Gasteiger partial charge in [0.15, 0.2) is 11.5 Å². The molecule has 0 bridgehead atoms. The van der Waals surface area contributed by atoms with Gasteiger partial charge in [0.2, 0.25) is 11.8 Å². The molecule has 0 heterocycles. The normalized spacial score (nSPS) is 11.8. The summed E-state index contributed by atoms with van der Waals surface area (Å²) >= 11 is 12.7. The molecule has 0 fully saturated rings. The second-order valence-corrected chi connectivity index (χ2v) is 13.7. The number of halogens is 2. The number of aryl methyl sites for hydroxylation is 2. The highest BCUT2D eigenvalue weighted by atomic mass is 35.5. The molecule has 0 unspecified atom stereocenters. The summed E-state index contributed by atoms with van der Waals surface area (Å²) in [6, 6.07) is 22.6. The Hall–Kier alpha value is -4.25. The SMILES string of the molecule is CNC(=O)[C@@H](Cc1ccccc1)N(Cc1ccc(Cl)cc1Cl)C(=O)CN(c1cc(C)cc(C)c1)S(=O)(=O)c1ccc(OC)c(OC)c1. The molecule has 0 saturated carbocycles. The van der Waals surface area contributed by atoms with Crippen molar-refractivity contribution >= 4 is 50.7 Å². The first kappa shape index (κ1) is 35.6. The van der Waals surface area contributed by atoms with Crippen LogP contribution in [-0.4, -0.2) is 59.0 Å². The number of benzene rings is 4. The molecule has 0 aliphatic heterocycles. The highest BCUT2D eigenvalue weighted by molar-refractivity contribution is 7.92. The van der Waals surface area contributed by atoms with Crippen LogP contribution in [0.15, 0.2) is 89.8 Å². The van der Waals surface area contributed by atoms with Crippen molar-refractivity contribution in [2.45, 2.75) is 37.8 Å². The highest BCUT2D eigenvalue weighted by Crippen LogP contribution is 2.33. The molecule has 47 heavy (non-hydrogen) atoms. The largest absolute Gasteiger partial charge is 0.493 e. The second-order valence-electron chi connectivity index (χ2n) is 11.0. The molecular formula is C35H37Cl2N3O6S. The number of amides is 2. The molecule has 12 heteroatoms. The summed E-state index contributed by atoms with van der Waals surface area (Å²) < 4.78 is 40.6. The van der Waals surface area contributed by atoms with E-state index in [4.69, 9.17) is 32.7 Å². The third-order valence-corrected chi connectivity index (χ3v) is 9.95. The van der Waals surface area contributed by atoms with E-state index in [1.54, 1.807) is 30.3 Å². The lowest BCUT2D eigenvalue weighted by Crippen LogP contribution is -2.53. The van der Waals surface area contributed by atoms with Gasteiger partial charge in [0.1, 0.15) is 12.6 Å². The molecule has 0 spiro atoms. The number of ether oxygens (including phenoxy) is 2. The van der Waals surface area contributed by atoms with Crippen molar-refractivity contribution in [3.05, 3.63) is 117 Å². The van der Waals surface area contributed by atoms with Crippen LogP contribution in [0.1, 0.15) is 22.3 Å². The number of methoxy groups -OCH3 is 2. The molecular weight excluding hydrogens is 661 g/mol. The quantitative estimate of drug-likeness (QED) is 0.178. The second kappa shape index (κ2) is 15.6. The Labute approximate surface area is 286 Å². The minimum atomic E-state index is -4.36. The average molecular weight is 699 g/mol. The van der Waals surface area contributed by atoms with Gasteiger partial charge in [-0.25, -0.2) is 8.42 Å². The summed E-state index contributed by atoms with van der Waals surface area (Å²) in [7, 11) is -0.0185. The van der Waals surface area contributed by atoms with E-state index >= 15 is 0 Å². The molecule has 0 aromatic heterocycles. The number of sulfonamides is 1. The van der Waals surface area contributed by atoms with Gasteiger partial charge in [-0.15, -0.1) is 0 Å². The molecule has 0 saturated heterocycles. The maximum Gasteiger partial charge on any atom is 0.264 e. The minimum Gasteiger partial charge on any atom is -0.493 e. The van der Waals surface area contributed by atoms with Gasteiger partial charge < -0.3 is 19.7 Å². The topological polar surface area (TPSA) is 105 Å². The van der Waals surface area contributed by atoms with Crippen LogP contribution in [0.3, 0.4) is 0 Å². The van der Waals surface area contributed by atoms with E-state index in [9.17, 15) is 18.0 Å². The summed E-state index contributed by atoms with van der Waals surface area (Å²) in [5, 5.41) is 3.37. The number of carbonyl (C=O) groups excluding carboxylic acids is 2. The van der Waals surface area contributed by atoms with Crippen LogP contribution in [0.2, 0.25) is 10.0 Å². The first-order valence-corrected chi connectivity index (χ1v) is 16.9. The number of rotatable bonds is 13. The zero-order chi connectivity index (χ0) is 34.3. The Bertz CT molecular complexity index is 1830. The molecule has 4 aromatic rings. The van der Waals surface area contributed by atoms with Gasteiger partial charge in [-0.2, -0.15) is 0 Å². The van der Waals surface area contributed by atoms with Crippen LogP contribution in [0, 0.1) is 13.8 Å². The number of hydrogen-bond donors (Lipinski definition) is 1. The summed E-state index contributed by atoms with van der Waals surface area (Å²) in [5.74, 6) is -0.487. The van der Waals surface area contributed by atoms with E-state index in [0.29, 0.717) is 21.4 Å². The van der Waals surface area contributed by atoms with Crippen molar-refractivity contribution in [1.82, 2.24) is 10.2 Å². The lowest BCUT2D eigenvalue weighted by atomic mass is 10.0. The van der Waals surface area contributed by atoms with Gasteiger partial charge in [0.05, 0.1) is 24.8 Å². The minimum absolute atomic E-state index is 0.0865. The van der Waals surface area contributed by atoms with E-state index in [1.807, 2.05) is 50.2 Å². The predicted molar refractivity (Wildman–Crippen MR) is 185 cm³/mol. The Morgan fingerprint density at radius 3 is 2.11 bits per heavy atom. The molecule has 2 amide bonds. The van der Waals surface area contributed by atoms with Crippen molar-refractivity contribution in [2.75, 3.05) is 32.1 Å². The standard InChI is InChI=1S/C35H37Cl2N3O6S/c1-23-15-24(2)17-28(16-23)40(47(43,44)29-13-14-32(45-4)33(20-29)46-5)22-34(41)39(21-26-11-12-27(36)19-30(26)37)31(35(42)38-3)18-25-9-7-6-8-10-25/h6-17,19-20,31H,18,21-22H2,1-5H3,(H,38,42)/t31-/m1/s1. The molecule has 9 nitrogen and oxygen atoms in total. The fourth-order valence-corrected chi connectivity index (χ4v) is 7.16. The number of anilines is 1. The molecule has 0 radical (unpaired) electrons. The summed E-state index contributed by atoms with van der Waals surface area (Å²) in [6.45, 7) is 2.98. The Morgan fingerprint density at radius 2 is 1.51 bits per heavy atom. The number of nitrogens with zero attached hydrogens (tertiary/aromatic N) is 2. The first-order chi connectivity index (χ1) is 22.4. The van der Waals surface area contributed by atoms with Crippen LogP contribution < -0.4 is 19.1 Å². The van der Waals surface area contributed by atoms with Gasteiger partial charge >= 0.3 is 0 Å². The fourth-order valence-electron chi connectivity index (χ4n) is 5.28. The number of carbonyl (C=O) groups is 2. The Balaban J connectivity index is 1.86. The summed E-state index contributed by atoms with van der Waals surface area (Å²) in [4.78, 5) is 29.3. The molecule has 1 N–H and O–H groups in total. The maximum atomic E-state index is 14.6. The van der Waals surface area contributed by atoms with Crippen LogP contribution in [0.5, 0.6) is 11.5 Å². The van der Waals surface area contributed by atoms with Crippen molar-refractivity contribution in [3.8, 4) is 11.5 Å². The number of likely N-dealkylation sites (N-methyl/N-ethyl adjacent to an activating group) is 1. The zero-order valence-electron chi connectivity index (χ0n) is 26.8. The van der Waals surface area contributed by atoms with Gasteiger partial charge in [0.25, 0.3) is 10.0 Å². The predicted octanol–water partition coefficient (Wildman–Crippen LogP) is 6.21. The van der Waals surface area contributed by atoms with Gasteiger partial charge in [-0.1, -0.05) is 65.7 Å². The molecule has 248 valence electrons. The Morgan fingerprint density at radius 1 is 0.851 bits per heavy atom. The first-order valence-electron chi connectivity index (χ1n) is 14.7. The number of nitrogens with one attached hydrogen (secondary N) is 1. The van der Waals surface area contributed by atoms with E-state index in [2.05, 4.69) is 5.32 Å². The monoisotopic (exact) mass is 697 g/mol. The lowest BCUT2D eigenvalue weighted by Gasteiger charge is -2.34. The molecule has 0 aliphatic rings. The lowest BCUT2D eigenvalue weighted by molar-refractivity contribution is -0.139. The van der Waals surface area contributed by atoms with Gasteiger partial charge in [-0.3, -0.25) is 13.9 Å². The van der Waals surface area contributed by atoms with E-state index in [0.717, 1.165) is 21.0 Å². The maximum absolute atomic E-state index is 14.6. The van der Waals surface area contributed by atoms with Crippen molar-refractivity contribution < 1.29 is 27.5 Å². The van der Waals surface area contributed by atoms with Crippen LogP contribution in [-0.2, 0) is 32.6 Å². The van der Waals surface area contributed by atoms with E-state index in [-0.39, 0.29) is 29.3 Å². The third kappa shape index (κ3) is 8.57. The fraction of sp³-hybridized carbons (Fsp3) is 0.257. The van der Waals surface area contributed by atoms with Gasteiger partial charge in [0, 0.05) is 36.1 Å². The molecule has 1 atom stereocenters. The van der Waals surface area contributed by atoms with Crippen LogP contribution >= 0.6 is 23.2 Å². The zero-order valence-corrected chi connectivity index (χ0v) is 29.1. The van der Waals surface area contributed by atoms with Crippen molar-refractivity contribution in [1.29, 1.82) is 0 Å². The van der Waals surface area contributed by atoms with Crippen LogP contribution in [0.4, 0.5) is 5.69 Å². The number of hydrogen-bond acceptors (Lipinski definition) is 6. The third-order valence-electron chi connectivity index (χ3n) is 7.59. The van der Waals surface area contributed by atoms with Crippen molar-refractivity contribution in [3.63, 3.8) is 0 Å². The molecule has 0 aliphatic carbocycles. The van der Waals surface area contributed by atoms with Crippen molar-refractivity contribution in [2.24, 2.45) is 0 Å².